The van der Waals surface area contributed by atoms with Crippen molar-refractivity contribution in [2.45, 2.75) is 0 Å². The zero-order valence-corrected chi connectivity index (χ0v) is 11.5. The summed E-state index contributed by atoms with van der Waals surface area (Å²) in [4.78, 5) is 19.8. The lowest BCUT2D eigenvalue weighted by Gasteiger charge is -2.03. The van der Waals surface area contributed by atoms with Crippen LogP contribution >= 0.6 is 0 Å². The van der Waals surface area contributed by atoms with Crippen LogP contribution in [0.5, 0.6) is 5.75 Å². The minimum atomic E-state index is -0.342. The van der Waals surface area contributed by atoms with Crippen LogP contribution in [0.25, 0.3) is 10.9 Å². The third kappa shape index (κ3) is 2.76. The van der Waals surface area contributed by atoms with Gasteiger partial charge >= 0.3 is 0 Å². The number of phenolic OH excluding ortho intramolecular Hbond substituents is 1. The summed E-state index contributed by atoms with van der Waals surface area (Å²) in [5.41, 5.74) is 4.10. The molecule has 0 saturated heterocycles. The first kappa shape index (κ1) is 13.7. The average molecular weight is 292 g/mol. The Labute approximate surface area is 126 Å². The third-order valence-electron chi connectivity index (χ3n) is 3.08. The van der Waals surface area contributed by atoms with Crippen LogP contribution in [0.1, 0.15) is 15.9 Å². The molecule has 0 saturated carbocycles. The quantitative estimate of drug-likeness (QED) is 0.571. The Kier molecular flexibility index (Phi) is 3.74. The number of hydrogen-bond acceptors (Lipinski definition) is 5. The Morgan fingerprint density at radius 1 is 1.18 bits per heavy atom. The lowest BCUT2D eigenvalue weighted by Crippen LogP contribution is -2.17. The average Bonchev–Trinajstić information content (AvgIpc) is 2.58. The molecule has 0 spiro atoms. The summed E-state index contributed by atoms with van der Waals surface area (Å²) in [5, 5.41) is 14.5. The molecule has 0 aliphatic rings. The van der Waals surface area contributed by atoms with Crippen LogP contribution in [-0.2, 0) is 0 Å². The minimum Gasteiger partial charge on any atom is -0.506 e. The van der Waals surface area contributed by atoms with Crippen molar-refractivity contribution in [1.29, 1.82) is 0 Å². The Morgan fingerprint density at radius 3 is 2.86 bits per heavy atom. The Balaban J connectivity index is 1.82. The van der Waals surface area contributed by atoms with E-state index in [9.17, 15) is 9.90 Å². The molecule has 1 amide bonds. The van der Waals surface area contributed by atoms with Crippen LogP contribution in [0.2, 0.25) is 0 Å². The van der Waals surface area contributed by atoms with E-state index in [0.29, 0.717) is 11.1 Å². The number of aromatic nitrogens is 2. The molecule has 0 bridgehead atoms. The lowest BCUT2D eigenvalue weighted by molar-refractivity contribution is 0.0955. The van der Waals surface area contributed by atoms with Crippen molar-refractivity contribution in [2.75, 3.05) is 0 Å². The predicted molar refractivity (Wildman–Crippen MR) is 82.7 cm³/mol. The van der Waals surface area contributed by atoms with Crippen LogP contribution in [0.3, 0.4) is 0 Å². The number of rotatable bonds is 3. The van der Waals surface area contributed by atoms with E-state index in [1.54, 1.807) is 42.7 Å². The molecule has 0 atom stereocenters. The van der Waals surface area contributed by atoms with Gasteiger partial charge in [-0.15, -0.1) is 0 Å². The number of benzene rings is 1. The molecule has 0 radical (unpaired) electrons. The molecule has 0 fully saturated rings. The van der Waals surface area contributed by atoms with Crippen LogP contribution in [0.15, 0.2) is 60.1 Å². The molecule has 6 heteroatoms. The molecule has 3 rings (SSSR count). The topological polar surface area (TPSA) is 87.5 Å². The van der Waals surface area contributed by atoms with Crippen molar-refractivity contribution in [3.8, 4) is 5.75 Å². The van der Waals surface area contributed by atoms with Gasteiger partial charge in [0.2, 0.25) is 0 Å². The van der Waals surface area contributed by atoms with Crippen molar-refractivity contribution in [2.24, 2.45) is 5.10 Å². The van der Waals surface area contributed by atoms with E-state index in [1.807, 2.05) is 6.07 Å². The first-order chi connectivity index (χ1) is 10.8. The number of pyridine rings is 2. The molecule has 2 heterocycles. The highest BCUT2D eigenvalue weighted by atomic mass is 16.3. The van der Waals surface area contributed by atoms with Gasteiger partial charge in [0.15, 0.2) is 0 Å². The number of hydrogen-bond donors (Lipinski definition) is 2. The monoisotopic (exact) mass is 292 g/mol. The largest absolute Gasteiger partial charge is 0.506 e. The molecule has 3 aromatic rings. The molecule has 6 nitrogen and oxygen atoms in total. The van der Waals surface area contributed by atoms with Gasteiger partial charge in [-0.05, 0) is 30.3 Å². The van der Waals surface area contributed by atoms with Crippen molar-refractivity contribution in [3.05, 3.63) is 66.1 Å². The SMILES string of the molecule is O=C(N/N=C/c1ccc(O)c2ncccc12)c1cccnc1. The summed E-state index contributed by atoms with van der Waals surface area (Å²) in [5.74, 6) is -0.238. The highest BCUT2D eigenvalue weighted by Crippen LogP contribution is 2.24. The van der Waals surface area contributed by atoms with Crippen LogP contribution in [0.4, 0.5) is 0 Å². The Bertz CT molecular complexity index is 847. The maximum absolute atomic E-state index is 11.8. The number of phenols is 1. The molecule has 1 aromatic carbocycles. The van der Waals surface area contributed by atoms with E-state index in [1.165, 1.54) is 12.4 Å². The lowest BCUT2D eigenvalue weighted by atomic mass is 10.1. The normalized spacial score (nSPS) is 10.9. The molecule has 0 aliphatic heterocycles. The number of nitrogens with one attached hydrogen (secondary N) is 1. The van der Waals surface area contributed by atoms with E-state index >= 15 is 0 Å². The third-order valence-corrected chi connectivity index (χ3v) is 3.08. The van der Waals surface area contributed by atoms with Crippen molar-refractivity contribution < 1.29 is 9.90 Å². The van der Waals surface area contributed by atoms with Gasteiger partial charge < -0.3 is 5.11 Å². The number of fused-ring (bicyclic) bond motifs is 1. The van der Waals surface area contributed by atoms with Gasteiger partial charge in [-0.2, -0.15) is 5.10 Å². The van der Waals surface area contributed by atoms with Crippen LogP contribution in [-0.4, -0.2) is 27.2 Å². The Morgan fingerprint density at radius 2 is 2.05 bits per heavy atom. The van der Waals surface area contributed by atoms with Gasteiger partial charge in [0, 0.05) is 29.5 Å². The number of nitrogens with zero attached hydrogens (tertiary/aromatic N) is 3. The fraction of sp³-hybridized carbons (Fsp3) is 0. The van der Waals surface area contributed by atoms with Crippen LogP contribution < -0.4 is 5.43 Å². The van der Waals surface area contributed by atoms with E-state index in [-0.39, 0.29) is 11.7 Å². The van der Waals surface area contributed by atoms with Gasteiger partial charge in [0.05, 0.1) is 11.8 Å². The van der Waals surface area contributed by atoms with Gasteiger partial charge in [-0.3, -0.25) is 14.8 Å². The summed E-state index contributed by atoms with van der Waals surface area (Å²) in [6.07, 6.45) is 6.17. The summed E-state index contributed by atoms with van der Waals surface area (Å²) < 4.78 is 0. The smallest absolute Gasteiger partial charge is 0.272 e. The van der Waals surface area contributed by atoms with Gasteiger partial charge in [-0.1, -0.05) is 6.07 Å². The zero-order chi connectivity index (χ0) is 15.4. The molecule has 0 unspecified atom stereocenters. The van der Waals surface area contributed by atoms with Gasteiger partial charge in [-0.25, -0.2) is 5.43 Å². The molecule has 2 N–H and O–H groups in total. The Hall–Kier alpha value is -3.28. The van der Waals surface area contributed by atoms with E-state index in [2.05, 4.69) is 20.5 Å². The van der Waals surface area contributed by atoms with Gasteiger partial charge in [0.1, 0.15) is 11.3 Å². The maximum atomic E-state index is 11.8. The highest BCUT2D eigenvalue weighted by molar-refractivity contribution is 6.01. The van der Waals surface area contributed by atoms with Crippen molar-refractivity contribution in [3.63, 3.8) is 0 Å². The number of amides is 1. The van der Waals surface area contributed by atoms with Crippen LogP contribution in [0, 0.1) is 0 Å². The predicted octanol–water partition coefficient (Wildman–Crippen LogP) is 2.10. The molecule has 108 valence electrons. The van der Waals surface area contributed by atoms with E-state index < -0.39 is 0 Å². The van der Waals surface area contributed by atoms with E-state index in [0.717, 1.165) is 10.9 Å². The number of carbonyl (C=O) groups is 1. The van der Waals surface area contributed by atoms with Crippen molar-refractivity contribution >= 4 is 23.0 Å². The highest BCUT2D eigenvalue weighted by Gasteiger charge is 2.05. The van der Waals surface area contributed by atoms with E-state index in [4.69, 9.17) is 0 Å². The standard InChI is InChI=1S/C16H12N4O2/c21-14-6-5-11(13-4-2-8-18-15(13)14)10-19-20-16(22)12-3-1-7-17-9-12/h1-10,21H,(H,20,22)/b19-10+. The molecule has 0 aliphatic carbocycles. The summed E-state index contributed by atoms with van der Waals surface area (Å²) in [6.45, 7) is 0. The fourth-order valence-corrected chi connectivity index (χ4v) is 2.01. The van der Waals surface area contributed by atoms with Crippen molar-refractivity contribution in [1.82, 2.24) is 15.4 Å². The summed E-state index contributed by atoms with van der Waals surface area (Å²) in [7, 11) is 0. The summed E-state index contributed by atoms with van der Waals surface area (Å²) >= 11 is 0. The first-order valence-electron chi connectivity index (χ1n) is 6.56. The zero-order valence-electron chi connectivity index (χ0n) is 11.5. The van der Waals surface area contributed by atoms with Gasteiger partial charge in [0.25, 0.3) is 5.91 Å². The second-order valence-corrected chi connectivity index (χ2v) is 4.51. The second-order valence-electron chi connectivity index (χ2n) is 4.51. The number of hydrazone groups is 1. The summed E-state index contributed by atoms with van der Waals surface area (Å²) in [6, 6.07) is 10.2. The maximum Gasteiger partial charge on any atom is 0.272 e. The molecular formula is C16H12N4O2. The number of carbonyl (C=O) groups excluding carboxylic acids is 1. The molecule has 2 aromatic heterocycles. The first-order valence-corrected chi connectivity index (χ1v) is 6.56. The second kappa shape index (κ2) is 6.01. The molecular weight excluding hydrogens is 280 g/mol. The fourth-order valence-electron chi connectivity index (χ4n) is 2.01. The molecule has 22 heavy (non-hydrogen) atoms. The minimum absolute atomic E-state index is 0.104. The number of aromatic hydroxyl groups is 1.